The highest BCUT2D eigenvalue weighted by atomic mass is 16.4. The lowest BCUT2D eigenvalue weighted by molar-refractivity contribution is -0.113. The van der Waals surface area contributed by atoms with Crippen LogP contribution in [0.3, 0.4) is 0 Å². The van der Waals surface area contributed by atoms with Gasteiger partial charge < -0.3 is 36.2 Å². The molecule has 0 radical (unpaired) electrons. The molecule has 140 valence electrons. The normalized spacial score (nSPS) is 16.6. The summed E-state index contributed by atoms with van der Waals surface area (Å²) < 4.78 is 0. The largest absolute Gasteiger partial charge is 0.398 e. The standard InChI is InChI=1S/C17H27N3O5/c1-17(2,3)20(11-4-5-12(19)10(6-11)7-18)8-13(22)15(24)16(25)14(23)9-21/h4-6,13-16,21-25H,8-9,19H2,1-3H3. The van der Waals surface area contributed by atoms with Crippen molar-refractivity contribution >= 4 is 11.4 Å². The van der Waals surface area contributed by atoms with Crippen molar-refractivity contribution in [1.29, 1.82) is 5.26 Å². The Bertz CT molecular complexity index is 611. The van der Waals surface area contributed by atoms with Gasteiger partial charge in [-0.1, -0.05) is 0 Å². The molecule has 1 aromatic rings. The Balaban J connectivity index is 3.08. The molecule has 4 unspecified atom stereocenters. The zero-order valence-electron chi connectivity index (χ0n) is 14.7. The average Bonchev–Trinajstić information content (AvgIpc) is 2.56. The Kier molecular flexibility index (Phi) is 7.17. The van der Waals surface area contributed by atoms with Crippen LogP contribution in [0.25, 0.3) is 0 Å². The van der Waals surface area contributed by atoms with Gasteiger partial charge in [-0.05, 0) is 39.0 Å². The van der Waals surface area contributed by atoms with Crippen LogP contribution in [0.15, 0.2) is 18.2 Å². The fourth-order valence-electron chi connectivity index (χ4n) is 2.43. The maximum absolute atomic E-state index is 10.3. The molecule has 0 aromatic heterocycles. The van der Waals surface area contributed by atoms with E-state index in [1.807, 2.05) is 26.8 Å². The topological polar surface area (TPSA) is 154 Å². The van der Waals surface area contributed by atoms with Gasteiger partial charge in [0, 0.05) is 23.5 Å². The second-order valence-electron chi connectivity index (χ2n) is 6.96. The van der Waals surface area contributed by atoms with Gasteiger partial charge in [0.1, 0.15) is 24.4 Å². The summed E-state index contributed by atoms with van der Waals surface area (Å²) in [4.78, 5) is 1.75. The third kappa shape index (κ3) is 5.29. The molecule has 0 fully saturated rings. The molecule has 0 spiro atoms. The van der Waals surface area contributed by atoms with E-state index >= 15 is 0 Å². The maximum Gasteiger partial charge on any atom is 0.111 e. The molecule has 0 amide bonds. The van der Waals surface area contributed by atoms with E-state index in [-0.39, 0.29) is 12.1 Å². The highest BCUT2D eigenvalue weighted by Crippen LogP contribution is 2.27. The molecule has 0 aliphatic heterocycles. The summed E-state index contributed by atoms with van der Waals surface area (Å²) in [5.74, 6) is 0. The first-order chi connectivity index (χ1) is 11.5. The predicted molar refractivity (Wildman–Crippen MR) is 93.8 cm³/mol. The van der Waals surface area contributed by atoms with Crippen LogP contribution in [-0.4, -0.2) is 68.6 Å². The van der Waals surface area contributed by atoms with Crippen LogP contribution in [0, 0.1) is 11.3 Å². The summed E-state index contributed by atoms with van der Waals surface area (Å²) in [6.07, 6.45) is -6.31. The van der Waals surface area contributed by atoms with Gasteiger partial charge in [0.15, 0.2) is 0 Å². The number of hydrogen-bond donors (Lipinski definition) is 6. The maximum atomic E-state index is 10.3. The Labute approximate surface area is 147 Å². The van der Waals surface area contributed by atoms with Crippen molar-refractivity contribution in [3.63, 3.8) is 0 Å². The summed E-state index contributed by atoms with van der Waals surface area (Å²) in [5, 5.41) is 57.5. The van der Waals surface area contributed by atoms with Crippen molar-refractivity contribution in [2.24, 2.45) is 0 Å². The highest BCUT2D eigenvalue weighted by molar-refractivity contribution is 5.63. The van der Waals surface area contributed by atoms with E-state index in [1.165, 1.54) is 0 Å². The Hall–Kier alpha value is -1.89. The van der Waals surface area contributed by atoms with Crippen molar-refractivity contribution < 1.29 is 25.5 Å². The van der Waals surface area contributed by atoms with Crippen molar-refractivity contribution in [1.82, 2.24) is 0 Å². The van der Waals surface area contributed by atoms with E-state index in [0.717, 1.165) is 0 Å². The van der Waals surface area contributed by atoms with Crippen molar-refractivity contribution in [3.05, 3.63) is 23.8 Å². The molecule has 1 rings (SSSR count). The molecular formula is C17H27N3O5. The van der Waals surface area contributed by atoms with Gasteiger partial charge >= 0.3 is 0 Å². The first-order valence-electron chi connectivity index (χ1n) is 7.93. The minimum absolute atomic E-state index is 0.0747. The number of nitrogens with two attached hydrogens (primary N) is 1. The molecule has 8 nitrogen and oxygen atoms in total. The Morgan fingerprint density at radius 1 is 1.12 bits per heavy atom. The number of nitrogen functional groups attached to an aromatic ring is 1. The zero-order valence-corrected chi connectivity index (χ0v) is 14.7. The lowest BCUT2D eigenvalue weighted by atomic mass is 9.98. The van der Waals surface area contributed by atoms with E-state index < -0.39 is 36.6 Å². The first kappa shape index (κ1) is 21.2. The van der Waals surface area contributed by atoms with Crippen molar-refractivity contribution in [2.45, 2.75) is 50.7 Å². The van der Waals surface area contributed by atoms with Crippen molar-refractivity contribution in [2.75, 3.05) is 23.8 Å². The first-order valence-corrected chi connectivity index (χ1v) is 7.93. The molecule has 1 aromatic carbocycles. The summed E-state index contributed by atoms with van der Waals surface area (Å²) in [7, 11) is 0. The summed E-state index contributed by atoms with van der Waals surface area (Å²) in [6, 6.07) is 6.85. The van der Waals surface area contributed by atoms with Gasteiger partial charge in [0.2, 0.25) is 0 Å². The highest BCUT2D eigenvalue weighted by Gasteiger charge is 2.33. The van der Waals surface area contributed by atoms with Crippen molar-refractivity contribution in [3.8, 4) is 6.07 Å². The minimum Gasteiger partial charge on any atom is -0.398 e. The minimum atomic E-state index is -1.69. The SMILES string of the molecule is CC(C)(C)N(CC(O)C(O)C(O)C(O)CO)c1ccc(N)c(C#N)c1. The van der Waals surface area contributed by atoms with Gasteiger partial charge in [-0.2, -0.15) is 5.26 Å². The molecule has 0 heterocycles. The van der Waals surface area contributed by atoms with Crippen LogP contribution in [0.5, 0.6) is 0 Å². The number of nitrogens with zero attached hydrogens (tertiary/aromatic N) is 2. The molecule has 0 aliphatic rings. The van der Waals surface area contributed by atoms with Crippen LogP contribution in [0.4, 0.5) is 11.4 Å². The second-order valence-corrected chi connectivity index (χ2v) is 6.96. The number of anilines is 2. The Morgan fingerprint density at radius 2 is 1.68 bits per heavy atom. The van der Waals surface area contributed by atoms with E-state index in [4.69, 9.17) is 16.1 Å². The number of hydrogen-bond acceptors (Lipinski definition) is 8. The third-order valence-corrected chi connectivity index (χ3v) is 3.97. The average molecular weight is 353 g/mol. The number of aliphatic hydroxyl groups is 5. The fraction of sp³-hybridized carbons (Fsp3) is 0.588. The zero-order chi connectivity index (χ0) is 19.4. The van der Waals surface area contributed by atoms with Crippen LogP contribution in [0.2, 0.25) is 0 Å². The fourth-order valence-corrected chi connectivity index (χ4v) is 2.43. The quantitative estimate of drug-likeness (QED) is 0.348. The molecule has 8 heteroatoms. The van der Waals surface area contributed by atoms with Crippen LogP contribution in [-0.2, 0) is 0 Å². The molecule has 0 bridgehead atoms. The summed E-state index contributed by atoms with van der Waals surface area (Å²) in [5.41, 5.74) is 6.49. The second kappa shape index (κ2) is 8.47. The monoisotopic (exact) mass is 353 g/mol. The molecule has 7 N–H and O–H groups in total. The summed E-state index contributed by atoms with van der Waals surface area (Å²) >= 11 is 0. The van der Waals surface area contributed by atoms with Crippen LogP contribution in [0.1, 0.15) is 26.3 Å². The van der Waals surface area contributed by atoms with Gasteiger partial charge in [-0.25, -0.2) is 0 Å². The van der Waals surface area contributed by atoms with Gasteiger partial charge in [0.25, 0.3) is 0 Å². The molecule has 0 saturated heterocycles. The van der Waals surface area contributed by atoms with E-state index in [9.17, 15) is 20.4 Å². The number of nitriles is 1. The van der Waals surface area contributed by atoms with Gasteiger partial charge in [-0.15, -0.1) is 0 Å². The lowest BCUT2D eigenvalue weighted by Gasteiger charge is -2.40. The number of aliphatic hydroxyl groups excluding tert-OH is 5. The summed E-state index contributed by atoms with van der Waals surface area (Å²) in [6.45, 7) is 4.83. The number of β-amino-alcohol motifs (C(OH)–C–C–N with tert-alkyl or cyclic N) is 1. The molecule has 4 atom stereocenters. The van der Waals surface area contributed by atoms with Gasteiger partial charge in [0.05, 0.1) is 18.3 Å². The van der Waals surface area contributed by atoms with E-state index in [2.05, 4.69) is 0 Å². The molecule has 25 heavy (non-hydrogen) atoms. The van der Waals surface area contributed by atoms with Crippen LogP contribution >= 0.6 is 0 Å². The van der Waals surface area contributed by atoms with E-state index in [0.29, 0.717) is 11.4 Å². The molecular weight excluding hydrogens is 326 g/mol. The molecule has 0 saturated carbocycles. The van der Waals surface area contributed by atoms with Crippen LogP contribution < -0.4 is 10.6 Å². The molecule has 0 aliphatic carbocycles. The number of benzene rings is 1. The lowest BCUT2D eigenvalue weighted by Crippen LogP contribution is -2.53. The van der Waals surface area contributed by atoms with Gasteiger partial charge in [-0.3, -0.25) is 0 Å². The Morgan fingerprint density at radius 3 is 2.16 bits per heavy atom. The third-order valence-electron chi connectivity index (χ3n) is 3.97. The smallest absolute Gasteiger partial charge is 0.111 e. The predicted octanol–water partition coefficient (Wildman–Crippen LogP) is -0.819. The van der Waals surface area contributed by atoms with E-state index in [1.54, 1.807) is 23.1 Å². The number of rotatable bonds is 7.